The van der Waals surface area contributed by atoms with Gasteiger partial charge in [-0.2, -0.15) is 0 Å². The third-order valence-electron chi connectivity index (χ3n) is 10.4. The molecule has 22 heteroatoms. The number of hydrogen-bond acceptors (Lipinski definition) is 10. The first-order chi connectivity index (χ1) is 31.7. The molecular formula is C45H67N13O9. The zero-order valence-electron chi connectivity index (χ0n) is 39.1. The van der Waals surface area contributed by atoms with Crippen LogP contribution in [0.2, 0.25) is 0 Å². The zero-order chi connectivity index (χ0) is 49.8. The van der Waals surface area contributed by atoms with Crippen molar-refractivity contribution in [3.8, 4) is 0 Å². The lowest BCUT2D eigenvalue weighted by molar-refractivity contribution is -0.133. The summed E-state index contributed by atoms with van der Waals surface area (Å²) in [5, 5.41) is 16.4. The van der Waals surface area contributed by atoms with Crippen LogP contribution in [0.15, 0.2) is 65.8 Å². The van der Waals surface area contributed by atoms with Gasteiger partial charge >= 0.3 is 12.1 Å². The predicted molar refractivity (Wildman–Crippen MR) is 251 cm³/mol. The Bertz CT molecular complexity index is 2190. The van der Waals surface area contributed by atoms with Crippen LogP contribution in [0.4, 0.5) is 9.59 Å². The number of carbonyl (C=O) groups is 8. The molecule has 22 nitrogen and oxygen atoms in total. The van der Waals surface area contributed by atoms with Gasteiger partial charge in [-0.25, -0.2) is 15.0 Å². The van der Waals surface area contributed by atoms with Crippen molar-refractivity contribution >= 4 is 64.4 Å². The molecule has 0 aliphatic rings. The number of benzene rings is 2. The molecule has 366 valence electrons. The van der Waals surface area contributed by atoms with E-state index >= 15 is 0 Å². The highest BCUT2D eigenvalue weighted by atomic mass is 16.5. The molecule has 0 aliphatic heterocycles. The predicted octanol–water partition coefficient (Wildman–Crippen LogP) is 0.561. The molecule has 67 heavy (non-hydrogen) atoms. The van der Waals surface area contributed by atoms with Crippen LogP contribution in [0.1, 0.15) is 78.9 Å². The van der Waals surface area contributed by atoms with Crippen LogP contribution in [0.5, 0.6) is 0 Å². The Hall–Kier alpha value is -7.39. The summed E-state index contributed by atoms with van der Waals surface area (Å²) < 4.78 is 5.33. The number of guanidine groups is 1. The van der Waals surface area contributed by atoms with E-state index in [1.54, 1.807) is 58.2 Å². The van der Waals surface area contributed by atoms with E-state index in [0.29, 0.717) is 5.56 Å². The van der Waals surface area contributed by atoms with Crippen LogP contribution >= 0.6 is 0 Å². The Morgan fingerprint density at radius 3 is 1.85 bits per heavy atom. The molecule has 1 heterocycles. The van der Waals surface area contributed by atoms with Gasteiger partial charge in [-0.3, -0.25) is 39.2 Å². The Morgan fingerprint density at radius 1 is 0.642 bits per heavy atom. The Labute approximate surface area is 389 Å². The molecule has 0 aliphatic carbocycles. The lowest BCUT2D eigenvalue weighted by Gasteiger charge is -2.28. The average Bonchev–Trinajstić information content (AvgIpc) is 3.68. The van der Waals surface area contributed by atoms with Crippen LogP contribution in [0, 0.1) is 17.8 Å². The summed E-state index contributed by atoms with van der Waals surface area (Å²) in [6, 6.07) is 8.25. The number of amides is 9. The fourth-order valence-electron chi connectivity index (χ4n) is 6.73. The minimum atomic E-state index is -1.30. The van der Waals surface area contributed by atoms with Gasteiger partial charge in [0.25, 0.3) is 5.91 Å². The monoisotopic (exact) mass is 934 g/mol. The molecule has 0 saturated carbocycles. The molecule has 0 radical (unpaired) electrons. The van der Waals surface area contributed by atoms with Crippen LogP contribution < -0.4 is 60.0 Å². The van der Waals surface area contributed by atoms with Gasteiger partial charge in [-0.05, 0) is 61.1 Å². The SMILES string of the molecule is CC(C)CC(NC(=O)C(CCCN=C(N)N)NC(=O)OCc1ccccc1)C(=O)NC(C(=O)NNC(=O)NC(Cc1c[nH]c2ccccc12)C(=O)NC(C(=O)NC(C)C(N)=O)C(C)C)C(C)C. The van der Waals surface area contributed by atoms with Crippen molar-refractivity contribution in [1.82, 2.24) is 47.7 Å². The number of carbonyl (C=O) groups excluding carboxylic acids is 8. The number of fused-ring (bicyclic) bond motifs is 1. The smallest absolute Gasteiger partial charge is 0.408 e. The molecule has 6 unspecified atom stereocenters. The fraction of sp³-hybridized carbons (Fsp3) is 0.489. The van der Waals surface area contributed by atoms with Crippen LogP contribution in [-0.2, 0) is 46.5 Å². The summed E-state index contributed by atoms with van der Waals surface area (Å²) >= 11 is 0. The van der Waals surface area contributed by atoms with E-state index < -0.39 is 95.7 Å². The normalized spacial score (nSPS) is 13.8. The summed E-state index contributed by atoms with van der Waals surface area (Å²) in [5.74, 6) is -5.66. The van der Waals surface area contributed by atoms with E-state index in [-0.39, 0.29) is 50.7 Å². The lowest BCUT2D eigenvalue weighted by Crippen LogP contribution is -2.61. The van der Waals surface area contributed by atoms with Crippen LogP contribution in [-0.4, -0.2) is 101 Å². The molecule has 15 N–H and O–H groups in total. The molecule has 6 atom stereocenters. The van der Waals surface area contributed by atoms with Crippen molar-refractivity contribution < 1.29 is 43.1 Å². The van der Waals surface area contributed by atoms with Crippen molar-refractivity contribution in [2.45, 2.75) is 117 Å². The number of primary amides is 1. The van der Waals surface area contributed by atoms with Gasteiger partial charge in [-0.15, -0.1) is 0 Å². The number of para-hydroxylation sites is 1. The Morgan fingerprint density at radius 2 is 1.24 bits per heavy atom. The standard InChI is InChI=1S/C45H67N13O9/c1-24(2)20-33(52-38(60)32(18-13-19-49-43(47)48)54-45(66)67-23-28-14-9-8-10-15-28)39(61)56-36(26(5)6)42(64)57-58-44(65)53-34(21-29-22-50-31-17-12-11-16-30(29)31)40(62)55-35(25(3)4)41(63)51-27(7)37(46)59/h8-12,14-17,22,24-27,32-36,50H,13,18-21,23H2,1-7H3,(H2,46,59)(H,51,63)(H,52,60)(H,54,66)(H,55,62)(H,56,61)(H,57,64)(H4,47,48,49)(H2,53,58,65). The quantitative estimate of drug-likeness (QED) is 0.0255. The first kappa shape index (κ1) is 53.9. The van der Waals surface area contributed by atoms with Gasteiger partial charge in [-0.1, -0.05) is 90.1 Å². The molecule has 3 aromatic rings. The van der Waals surface area contributed by atoms with E-state index in [1.165, 1.54) is 6.92 Å². The fourth-order valence-corrected chi connectivity index (χ4v) is 6.73. The zero-order valence-corrected chi connectivity index (χ0v) is 39.1. The van der Waals surface area contributed by atoms with Gasteiger partial charge in [0.05, 0.1) is 0 Å². The van der Waals surface area contributed by atoms with E-state index in [9.17, 15) is 38.4 Å². The topological polar surface area (TPSA) is 348 Å². The molecule has 0 fully saturated rings. The number of nitrogens with one attached hydrogen (secondary N) is 9. The first-order valence-electron chi connectivity index (χ1n) is 22.1. The summed E-state index contributed by atoms with van der Waals surface area (Å²) in [4.78, 5) is 113. The third-order valence-corrected chi connectivity index (χ3v) is 10.4. The van der Waals surface area contributed by atoms with E-state index in [0.717, 1.165) is 16.5 Å². The number of aliphatic imine (C=N–C) groups is 1. The number of aromatic nitrogens is 1. The number of alkyl carbamates (subject to hydrolysis) is 1. The number of nitrogens with zero attached hydrogens (tertiary/aromatic N) is 1. The maximum absolute atomic E-state index is 13.9. The van der Waals surface area contributed by atoms with E-state index in [2.05, 4.69) is 52.7 Å². The molecule has 2 aromatic carbocycles. The number of rotatable bonds is 24. The lowest BCUT2D eigenvalue weighted by atomic mass is 9.99. The molecule has 9 amide bonds. The first-order valence-corrected chi connectivity index (χ1v) is 22.1. The maximum Gasteiger partial charge on any atom is 0.408 e. The van der Waals surface area contributed by atoms with Gasteiger partial charge in [0.1, 0.15) is 42.9 Å². The number of H-pyrrole nitrogens is 1. The number of aromatic amines is 1. The summed E-state index contributed by atoms with van der Waals surface area (Å²) in [5.41, 5.74) is 22.9. The van der Waals surface area contributed by atoms with Crippen molar-refractivity contribution in [2.24, 2.45) is 39.9 Å². The highest BCUT2D eigenvalue weighted by Crippen LogP contribution is 2.20. The van der Waals surface area contributed by atoms with Crippen LogP contribution in [0.3, 0.4) is 0 Å². The Kier molecular flexibility index (Phi) is 21.4. The van der Waals surface area contributed by atoms with E-state index in [4.69, 9.17) is 21.9 Å². The van der Waals surface area contributed by atoms with Crippen molar-refractivity contribution in [2.75, 3.05) is 6.54 Å². The summed E-state index contributed by atoms with van der Waals surface area (Å²) in [6.07, 6.45) is 1.29. The second-order valence-corrected chi connectivity index (χ2v) is 17.2. The molecule has 1 aromatic heterocycles. The van der Waals surface area contributed by atoms with Crippen molar-refractivity contribution in [3.05, 3.63) is 71.9 Å². The molecule has 3 rings (SSSR count). The molecular weight excluding hydrogens is 867 g/mol. The largest absolute Gasteiger partial charge is 0.445 e. The number of ether oxygens (including phenoxy) is 1. The highest BCUT2D eigenvalue weighted by Gasteiger charge is 2.33. The minimum absolute atomic E-state index is 0.0451. The maximum atomic E-state index is 13.9. The van der Waals surface area contributed by atoms with E-state index in [1.807, 2.05) is 44.2 Å². The van der Waals surface area contributed by atoms with Crippen molar-refractivity contribution in [3.63, 3.8) is 0 Å². The number of hydrogen-bond donors (Lipinski definition) is 12. The molecule has 0 spiro atoms. The second-order valence-electron chi connectivity index (χ2n) is 17.2. The number of nitrogens with two attached hydrogens (primary N) is 3. The minimum Gasteiger partial charge on any atom is -0.445 e. The number of hydrazine groups is 1. The molecule has 0 bridgehead atoms. The summed E-state index contributed by atoms with van der Waals surface area (Å²) in [6.45, 7) is 11.9. The Balaban J connectivity index is 1.74. The summed E-state index contributed by atoms with van der Waals surface area (Å²) in [7, 11) is 0. The van der Waals surface area contributed by atoms with Crippen molar-refractivity contribution in [1.29, 1.82) is 0 Å². The second kappa shape index (κ2) is 26.5. The molecule has 0 saturated heterocycles. The van der Waals surface area contributed by atoms with Gasteiger partial charge in [0.2, 0.25) is 29.5 Å². The van der Waals surface area contributed by atoms with Gasteiger partial charge in [0, 0.05) is 30.1 Å². The average molecular weight is 934 g/mol. The van der Waals surface area contributed by atoms with Crippen LogP contribution in [0.25, 0.3) is 10.9 Å². The number of urea groups is 1. The third kappa shape index (κ3) is 18.2. The highest BCUT2D eigenvalue weighted by molar-refractivity contribution is 5.96. The van der Waals surface area contributed by atoms with Gasteiger partial charge < -0.3 is 58.8 Å². The van der Waals surface area contributed by atoms with Gasteiger partial charge in [0.15, 0.2) is 5.96 Å².